The van der Waals surface area contributed by atoms with Gasteiger partial charge in [0.05, 0.1) is 0 Å². The second-order valence-electron chi connectivity index (χ2n) is 6.50. The summed E-state index contributed by atoms with van der Waals surface area (Å²) in [6, 6.07) is 19.2. The molecule has 25 heavy (non-hydrogen) atoms. The fourth-order valence-electron chi connectivity index (χ4n) is 2.66. The van der Waals surface area contributed by atoms with Crippen LogP contribution in [0.15, 0.2) is 59.6 Å². The van der Waals surface area contributed by atoms with Crippen LogP contribution < -0.4 is 15.5 Å². The summed E-state index contributed by atoms with van der Waals surface area (Å²) >= 11 is 0. The number of rotatable bonds is 7. The summed E-state index contributed by atoms with van der Waals surface area (Å²) in [6.07, 6.45) is 0.975. The third-order valence-corrected chi connectivity index (χ3v) is 4.33. The molecule has 0 heterocycles. The van der Waals surface area contributed by atoms with E-state index in [9.17, 15) is 0 Å². The number of anilines is 1. The minimum Gasteiger partial charge on any atom is -0.378 e. The summed E-state index contributed by atoms with van der Waals surface area (Å²) in [4.78, 5) is 6.42. The van der Waals surface area contributed by atoms with E-state index in [2.05, 4.69) is 96.1 Å². The second-order valence-corrected chi connectivity index (χ2v) is 6.50. The van der Waals surface area contributed by atoms with E-state index in [0.29, 0.717) is 5.92 Å². The van der Waals surface area contributed by atoms with E-state index >= 15 is 0 Å². The van der Waals surface area contributed by atoms with Crippen molar-refractivity contribution >= 4 is 11.6 Å². The Morgan fingerprint density at radius 1 is 1.00 bits per heavy atom. The van der Waals surface area contributed by atoms with Gasteiger partial charge in [-0.2, -0.15) is 0 Å². The molecule has 4 nitrogen and oxygen atoms in total. The van der Waals surface area contributed by atoms with E-state index in [1.54, 1.807) is 0 Å². The first-order chi connectivity index (χ1) is 12.1. The van der Waals surface area contributed by atoms with E-state index in [1.807, 2.05) is 7.05 Å². The van der Waals surface area contributed by atoms with Gasteiger partial charge in [0.25, 0.3) is 0 Å². The quantitative estimate of drug-likeness (QED) is 0.601. The molecule has 2 aromatic rings. The van der Waals surface area contributed by atoms with Crippen molar-refractivity contribution in [3.8, 4) is 0 Å². The van der Waals surface area contributed by atoms with Gasteiger partial charge in [-0.3, -0.25) is 4.99 Å². The monoisotopic (exact) mass is 338 g/mol. The predicted octanol–water partition coefficient (Wildman–Crippen LogP) is 3.26. The van der Waals surface area contributed by atoms with Crippen molar-refractivity contribution in [1.82, 2.24) is 10.6 Å². The molecule has 0 saturated carbocycles. The Balaban J connectivity index is 1.75. The lowest BCUT2D eigenvalue weighted by Gasteiger charge is -2.16. The molecule has 0 bridgehead atoms. The molecule has 0 amide bonds. The van der Waals surface area contributed by atoms with Crippen LogP contribution in [0.5, 0.6) is 0 Å². The van der Waals surface area contributed by atoms with Crippen LogP contribution in [0.4, 0.5) is 5.69 Å². The highest BCUT2D eigenvalue weighted by atomic mass is 15.2. The lowest BCUT2D eigenvalue weighted by Crippen LogP contribution is -2.39. The summed E-state index contributed by atoms with van der Waals surface area (Å²) in [5.41, 5.74) is 3.89. The molecular weight excluding hydrogens is 308 g/mol. The maximum Gasteiger partial charge on any atom is 0.191 e. The minimum absolute atomic E-state index is 0.443. The first-order valence-corrected chi connectivity index (χ1v) is 8.86. The molecule has 0 aliphatic heterocycles. The number of hydrogen-bond donors (Lipinski definition) is 2. The van der Waals surface area contributed by atoms with Crippen LogP contribution in [0.1, 0.15) is 24.0 Å². The topological polar surface area (TPSA) is 39.7 Å². The average molecular weight is 338 g/mol. The van der Waals surface area contributed by atoms with Gasteiger partial charge in [0.15, 0.2) is 5.96 Å². The zero-order chi connectivity index (χ0) is 18.1. The van der Waals surface area contributed by atoms with E-state index < -0.39 is 0 Å². The maximum atomic E-state index is 4.31. The Kier molecular flexibility index (Phi) is 7.33. The molecule has 2 aromatic carbocycles. The number of nitrogens with one attached hydrogen (secondary N) is 2. The number of nitrogens with zero attached hydrogens (tertiary/aromatic N) is 2. The molecule has 2 N–H and O–H groups in total. The lowest BCUT2D eigenvalue weighted by molar-refractivity contribution is 0.698. The number of hydrogen-bond acceptors (Lipinski definition) is 2. The molecule has 0 spiro atoms. The molecule has 1 unspecified atom stereocenters. The molecule has 0 radical (unpaired) electrons. The molecule has 2 rings (SSSR count). The Hall–Kier alpha value is -2.49. The Bertz CT molecular complexity index is 647. The largest absolute Gasteiger partial charge is 0.378 e. The van der Waals surface area contributed by atoms with Crippen LogP contribution in [0.2, 0.25) is 0 Å². The normalized spacial score (nSPS) is 12.6. The van der Waals surface area contributed by atoms with Gasteiger partial charge in [0.2, 0.25) is 0 Å². The number of benzene rings is 2. The van der Waals surface area contributed by atoms with Gasteiger partial charge in [-0.15, -0.1) is 0 Å². The average Bonchev–Trinajstić information content (AvgIpc) is 2.65. The zero-order valence-electron chi connectivity index (χ0n) is 15.8. The molecule has 0 aliphatic rings. The van der Waals surface area contributed by atoms with Gasteiger partial charge in [-0.1, -0.05) is 49.4 Å². The second kappa shape index (κ2) is 9.72. The summed E-state index contributed by atoms with van der Waals surface area (Å²) in [6.45, 7) is 3.95. The smallest absolute Gasteiger partial charge is 0.191 e. The van der Waals surface area contributed by atoms with Crippen LogP contribution in [0.3, 0.4) is 0 Å². The van der Waals surface area contributed by atoms with E-state index in [1.165, 1.54) is 16.8 Å². The van der Waals surface area contributed by atoms with Crippen molar-refractivity contribution in [3.63, 3.8) is 0 Å². The summed E-state index contributed by atoms with van der Waals surface area (Å²) in [5.74, 6) is 1.30. The molecule has 0 saturated heterocycles. The van der Waals surface area contributed by atoms with E-state index in [-0.39, 0.29) is 0 Å². The van der Waals surface area contributed by atoms with Gasteiger partial charge >= 0.3 is 0 Å². The summed E-state index contributed by atoms with van der Waals surface area (Å²) in [5, 5.41) is 6.80. The summed E-state index contributed by atoms with van der Waals surface area (Å²) in [7, 11) is 5.93. The van der Waals surface area contributed by atoms with Crippen LogP contribution in [-0.4, -0.2) is 40.2 Å². The molecule has 134 valence electrons. The van der Waals surface area contributed by atoms with Crippen molar-refractivity contribution in [2.45, 2.75) is 19.3 Å². The maximum absolute atomic E-state index is 4.31. The van der Waals surface area contributed by atoms with Gasteiger partial charge in [-0.25, -0.2) is 0 Å². The molecule has 4 heteroatoms. The number of aliphatic imine (C=N–C) groups is 1. The standard InChI is InChI=1S/C21H30N4/c1-17(19-8-6-5-7-9-19)16-24-21(22-2)23-15-14-18-10-12-20(13-11-18)25(3)4/h5-13,17H,14-16H2,1-4H3,(H2,22,23,24). The van der Waals surface area contributed by atoms with E-state index in [4.69, 9.17) is 0 Å². The Morgan fingerprint density at radius 2 is 1.68 bits per heavy atom. The highest BCUT2D eigenvalue weighted by molar-refractivity contribution is 5.79. The molecule has 0 aliphatic carbocycles. The fraction of sp³-hybridized carbons (Fsp3) is 0.381. The highest BCUT2D eigenvalue weighted by Gasteiger charge is 2.06. The van der Waals surface area contributed by atoms with Crippen LogP contribution in [-0.2, 0) is 6.42 Å². The Morgan fingerprint density at radius 3 is 2.28 bits per heavy atom. The molecule has 0 aromatic heterocycles. The highest BCUT2D eigenvalue weighted by Crippen LogP contribution is 2.13. The third kappa shape index (κ3) is 6.14. The Labute approximate surface area is 152 Å². The number of guanidine groups is 1. The van der Waals surface area contributed by atoms with Crippen molar-refractivity contribution in [1.29, 1.82) is 0 Å². The molecular formula is C21H30N4. The van der Waals surface area contributed by atoms with Crippen molar-refractivity contribution in [2.75, 3.05) is 39.1 Å². The zero-order valence-corrected chi connectivity index (χ0v) is 15.8. The lowest BCUT2D eigenvalue weighted by atomic mass is 10.0. The SMILES string of the molecule is CN=C(NCCc1ccc(N(C)C)cc1)NCC(C)c1ccccc1. The summed E-state index contributed by atoms with van der Waals surface area (Å²) < 4.78 is 0. The first kappa shape index (κ1) is 18.8. The van der Waals surface area contributed by atoms with Crippen molar-refractivity contribution < 1.29 is 0 Å². The van der Waals surface area contributed by atoms with Gasteiger partial charge in [0.1, 0.15) is 0 Å². The predicted molar refractivity (Wildman–Crippen MR) is 109 cm³/mol. The fourth-order valence-corrected chi connectivity index (χ4v) is 2.66. The van der Waals surface area contributed by atoms with Crippen molar-refractivity contribution in [3.05, 3.63) is 65.7 Å². The van der Waals surface area contributed by atoms with Gasteiger partial charge in [-0.05, 0) is 35.6 Å². The third-order valence-electron chi connectivity index (χ3n) is 4.33. The van der Waals surface area contributed by atoms with Crippen LogP contribution >= 0.6 is 0 Å². The first-order valence-electron chi connectivity index (χ1n) is 8.86. The van der Waals surface area contributed by atoms with Gasteiger partial charge in [0, 0.05) is 39.9 Å². The van der Waals surface area contributed by atoms with Crippen LogP contribution in [0, 0.1) is 0 Å². The minimum atomic E-state index is 0.443. The van der Waals surface area contributed by atoms with Crippen LogP contribution in [0.25, 0.3) is 0 Å². The molecule has 0 fully saturated rings. The van der Waals surface area contributed by atoms with Gasteiger partial charge < -0.3 is 15.5 Å². The van der Waals surface area contributed by atoms with Crippen molar-refractivity contribution in [2.24, 2.45) is 4.99 Å². The molecule has 1 atom stereocenters. The van der Waals surface area contributed by atoms with E-state index in [0.717, 1.165) is 25.5 Å².